The van der Waals surface area contributed by atoms with Gasteiger partial charge >= 0.3 is 0 Å². The minimum atomic E-state index is 0.124. The third kappa shape index (κ3) is 2.98. The van der Waals surface area contributed by atoms with E-state index in [2.05, 4.69) is 20.9 Å². The lowest BCUT2D eigenvalue weighted by atomic mass is 10.0. The highest BCUT2D eigenvalue weighted by Crippen LogP contribution is 2.40. The van der Waals surface area contributed by atoms with Crippen molar-refractivity contribution >= 4 is 5.95 Å². The van der Waals surface area contributed by atoms with Crippen LogP contribution < -0.4 is 14.4 Å². The fourth-order valence-corrected chi connectivity index (χ4v) is 3.16. The van der Waals surface area contributed by atoms with Gasteiger partial charge in [0.25, 0.3) is 0 Å². The molecular formula is C18H20N4O2. The van der Waals surface area contributed by atoms with E-state index in [4.69, 9.17) is 14.7 Å². The smallest absolute Gasteiger partial charge is 0.227 e. The standard InChI is InChI=1S/C18H20N4O2/c1-12-9-13(11-19)21-18(20-12)22-8-4-5-16(22)15-7-6-14(23-2)10-17(15)24-3/h6-7,9-10,16H,4-5,8H2,1-3H3/t16-/m0/s1. The van der Waals surface area contributed by atoms with Crippen molar-refractivity contribution in [1.29, 1.82) is 5.26 Å². The first-order valence-corrected chi connectivity index (χ1v) is 7.90. The van der Waals surface area contributed by atoms with E-state index in [1.54, 1.807) is 20.3 Å². The van der Waals surface area contributed by atoms with Crippen molar-refractivity contribution < 1.29 is 9.47 Å². The first-order valence-electron chi connectivity index (χ1n) is 7.90. The van der Waals surface area contributed by atoms with Crippen LogP contribution in [0.1, 0.15) is 35.8 Å². The van der Waals surface area contributed by atoms with Crippen LogP contribution in [0.3, 0.4) is 0 Å². The predicted octanol–water partition coefficient (Wildman–Crippen LogP) is 3.02. The van der Waals surface area contributed by atoms with Gasteiger partial charge in [-0.3, -0.25) is 0 Å². The largest absolute Gasteiger partial charge is 0.497 e. The van der Waals surface area contributed by atoms with E-state index in [1.807, 2.05) is 25.1 Å². The Balaban J connectivity index is 2.00. The summed E-state index contributed by atoms with van der Waals surface area (Å²) in [6.45, 7) is 2.74. The number of benzene rings is 1. The normalized spacial score (nSPS) is 16.8. The summed E-state index contributed by atoms with van der Waals surface area (Å²) in [6.07, 6.45) is 2.03. The number of hydrogen-bond acceptors (Lipinski definition) is 6. The number of aromatic nitrogens is 2. The molecule has 1 aliphatic heterocycles. The molecule has 0 radical (unpaired) electrons. The number of hydrogen-bond donors (Lipinski definition) is 0. The summed E-state index contributed by atoms with van der Waals surface area (Å²) in [4.78, 5) is 11.1. The monoisotopic (exact) mass is 324 g/mol. The average Bonchev–Trinajstić information content (AvgIpc) is 3.10. The van der Waals surface area contributed by atoms with Crippen molar-refractivity contribution in [3.63, 3.8) is 0 Å². The maximum Gasteiger partial charge on any atom is 0.227 e. The molecule has 2 aromatic rings. The molecule has 0 bridgehead atoms. The molecule has 0 aliphatic carbocycles. The minimum Gasteiger partial charge on any atom is -0.497 e. The van der Waals surface area contributed by atoms with E-state index in [9.17, 15) is 0 Å². The summed E-state index contributed by atoms with van der Waals surface area (Å²) in [5.74, 6) is 2.16. The van der Waals surface area contributed by atoms with Crippen LogP contribution in [0.25, 0.3) is 0 Å². The quantitative estimate of drug-likeness (QED) is 0.861. The number of methoxy groups -OCH3 is 2. The van der Waals surface area contributed by atoms with E-state index in [0.717, 1.165) is 42.1 Å². The maximum atomic E-state index is 9.16. The van der Waals surface area contributed by atoms with Crippen molar-refractivity contribution in [2.24, 2.45) is 0 Å². The molecule has 0 saturated carbocycles. The van der Waals surface area contributed by atoms with Gasteiger partial charge in [-0.2, -0.15) is 5.26 Å². The van der Waals surface area contributed by atoms with Gasteiger partial charge in [-0.25, -0.2) is 9.97 Å². The van der Waals surface area contributed by atoms with Crippen LogP contribution >= 0.6 is 0 Å². The number of rotatable bonds is 4. The molecule has 1 aromatic carbocycles. The Morgan fingerprint density at radius 3 is 2.75 bits per heavy atom. The molecule has 24 heavy (non-hydrogen) atoms. The Morgan fingerprint density at radius 1 is 1.21 bits per heavy atom. The van der Waals surface area contributed by atoms with Crippen LogP contribution in [0, 0.1) is 18.3 Å². The SMILES string of the molecule is COc1ccc([C@@H]2CCCN2c2nc(C)cc(C#N)n2)c(OC)c1. The topological polar surface area (TPSA) is 71.3 Å². The van der Waals surface area contributed by atoms with Gasteiger partial charge in [0, 0.05) is 23.9 Å². The molecule has 124 valence electrons. The van der Waals surface area contributed by atoms with E-state index in [-0.39, 0.29) is 6.04 Å². The van der Waals surface area contributed by atoms with Gasteiger partial charge in [0.15, 0.2) is 0 Å². The van der Waals surface area contributed by atoms with Crippen LogP contribution in [0.5, 0.6) is 11.5 Å². The fraction of sp³-hybridized carbons (Fsp3) is 0.389. The van der Waals surface area contributed by atoms with Crippen LogP contribution in [-0.4, -0.2) is 30.7 Å². The van der Waals surface area contributed by atoms with Gasteiger partial charge in [0.1, 0.15) is 23.3 Å². The first kappa shape index (κ1) is 16.1. The Labute approximate surface area is 141 Å². The fourth-order valence-electron chi connectivity index (χ4n) is 3.16. The average molecular weight is 324 g/mol. The molecule has 0 unspecified atom stereocenters. The van der Waals surface area contributed by atoms with Gasteiger partial charge in [-0.05, 0) is 38.0 Å². The van der Waals surface area contributed by atoms with Gasteiger partial charge in [0.05, 0.1) is 20.3 Å². The Kier molecular flexibility index (Phi) is 4.52. The summed E-state index contributed by atoms with van der Waals surface area (Å²) in [6, 6.07) is 9.78. The van der Waals surface area contributed by atoms with E-state index < -0.39 is 0 Å². The first-order chi connectivity index (χ1) is 11.7. The number of nitrogens with zero attached hydrogens (tertiary/aromatic N) is 4. The molecule has 0 amide bonds. The third-order valence-corrected chi connectivity index (χ3v) is 4.27. The van der Waals surface area contributed by atoms with Crippen molar-refractivity contribution in [3.05, 3.63) is 41.2 Å². The van der Waals surface area contributed by atoms with Crippen molar-refractivity contribution in [1.82, 2.24) is 9.97 Å². The molecule has 6 heteroatoms. The van der Waals surface area contributed by atoms with Crippen LogP contribution in [0.15, 0.2) is 24.3 Å². The number of ether oxygens (including phenoxy) is 2. The van der Waals surface area contributed by atoms with E-state index >= 15 is 0 Å². The van der Waals surface area contributed by atoms with Crippen molar-refractivity contribution in [2.75, 3.05) is 25.7 Å². The molecule has 1 fully saturated rings. The van der Waals surface area contributed by atoms with Crippen LogP contribution in [-0.2, 0) is 0 Å². The lowest BCUT2D eigenvalue weighted by Gasteiger charge is -2.26. The summed E-state index contributed by atoms with van der Waals surface area (Å²) in [7, 11) is 3.30. The zero-order valence-electron chi connectivity index (χ0n) is 14.1. The second kappa shape index (κ2) is 6.75. The molecule has 1 aliphatic rings. The van der Waals surface area contributed by atoms with Gasteiger partial charge < -0.3 is 14.4 Å². The number of anilines is 1. The lowest BCUT2D eigenvalue weighted by molar-refractivity contribution is 0.388. The van der Waals surface area contributed by atoms with Crippen molar-refractivity contribution in [3.8, 4) is 17.6 Å². The Hall–Kier alpha value is -2.81. The maximum absolute atomic E-state index is 9.16. The van der Waals surface area contributed by atoms with Crippen LogP contribution in [0.4, 0.5) is 5.95 Å². The highest BCUT2D eigenvalue weighted by Gasteiger charge is 2.30. The molecule has 1 atom stereocenters. The highest BCUT2D eigenvalue weighted by molar-refractivity contribution is 5.48. The predicted molar refractivity (Wildman–Crippen MR) is 90.4 cm³/mol. The van der Waals surface area contributed by atoms with Gasteiger partial charge in [-0.1, -0.05) is 0 Å². The summed E-state index contributed by atoms with van der Waals surface area (Å²) < 4.78 is 10.8. The zero-order chi connectivity index (χ0) is 17.1. The Bertz CT molecular complexity index is 785. The molecule has 2 heterocycles. The zero-order valence-corrected chi connectivity index (χ0v) is 14.1. The van der Waals surface area contributed by atoms with Crippen molar-refractivity contribution in [2.45, 2.75) is 25.8 Å². The molecular weight excluding hydrogens is 304 g/mol. The Morgan fingerprint density at radius 2 is 2.04 bits per heavy atom. The molecule has 1 saturated heterocycles. The lowest BCUT2D eigenvalue weighted by Crippen LogP contribution is -2.25. The minimum absolute atomic E-state index is 0.124. The molecule has 6 nitrogen and oxygen atoms in total. The van der Waals surface area contributed by atoms with Gasteiger partial charge in [0.2, 0.25) is 5.95 Å². The number of aryl methyl sites for hydroxylation is 1. The molecule has 3 rings (SSSR count). The second-order valence-corrected chi connectivity index (χ2v) is 5.77. The third-order valence-electron chi connectivity index (χ3n) is 4.27. The summed E-state index contributed by atoms with van der Waals surface area (Å²) in [5.41, 5.74) is 2.27. The summed E-state index contributed by atoms with van der Waals surface area (Å²) in [5, 5.41) is 9.16. The van der Waals surface area contributed by atoms with Gasteiger partial charge in [-0.15, -0.1) is 0 Å². The van der Waals surface area contributed by atoms with E-state index in [0.29, 0.717) is 11.6 Å². The number of nitriles is 1. The molecule has 0 spiro atoms. The summed E-state index contributed by atoms with van der Waals surface area (Å²) >= 11 is 0. The molecule has 0 N–H and O–H groups in total. The highest BCUT2D eigenvalue weighted by atomic mass is 16.5. The van der Waals surface area contributed by atoms with Crippen LogP contribution in [0.2, 0.25) is 0 Å². The van der Waals surface area contributed by atoms with E-state index in [1.165, 1.54) is 0 Å². The molecule has 1 aromatic heterocycles. The second-order valence-electron chi connectivity index (χ2n) is 5.77.